The number of nitrogens with one attached hydrogen (secondary N) is 2. The highest BCUT2D eigenvalue weighted by molar-refractivity contribution is 6.39. The van der Waals surface area contributed by atoms with E-state index in [1.54, 1.807) is 31.2 Å². The van der Waals surface area contributed by atoms with E-state index in [1.165, 1.54) is 5.01 Å². The fourth-order valence-corrected chi connectivity index (χ4v) is 1.72. The molecule has 1 atom stereocenters. The van der Waals surface area contributed by atoms with Crippen LogP contribution in [0.3, 0.4) is 0 Å². The molecule has 0 spiro atoms. The number of amides is 2. The summed E-state index contributed by atoms with van der Waals surface area (Å²) in [6.45, 7) is 1.74. The van der Waals surface area contributed by atoms with Crippen molar-refractivity contribution < 1.29 is 9.59 Å². The van der Waals surface area contributed by atoms with Crippen LogP contribution in [0.4, 0.5) is 5.69 Å². The Hall–Kier alpha value is -2.81. The number of amidine groups is 1. The highest BCUT2D eigenvalue weighted by atomic mass is 16.2. The SMILES string of the molecule is C#CCNC(=O)C1=NC(C)C(=O)N(c2ccccc2)N1. The molecule has 2 rings (SSSR count). The lowest BCUT2D eigenvalue weighted by molar-refractivity contribution is -0.120. The Morgan fingerprint density at radius 2 is 2.20 bits per heavy atom. The van der Waals surface area contributed by atoms with Crippen molar-refractivity contribution in [2.45, 2.75) is 13.0 Å². The van der Waals surface area contributed by atoms with Crippen LogP contribution in [0.5, 0.6) is 0 Å². The van der Waals surface area contributed by atoms with Crippen LogP contribution in [0.15, 0.2) is 35.3 Å². The predicted molar refractivity (Wildman–Crippen MR) is 75.8 cm³/mol. The average Bonchev–Trinajstić information content (AvgIpc) is 2.48. The van der Waals surface area contributed by atoms with Gasteiger partial charge in [-0.15, -0.1) is 6.42 Å². The van der Waals surface area contributed by atoms with Gasteiger partial charge >= 0.3 is 0 Å². The quantitative estimate of drug-likeness (QED) is 0.764. The molecule has 6 heteroatoms. The first-order valence-corrected chi connectivity index (χ1v) is 6.08. The third-order valence-electron chi connectivity index (χ3n) is 2.70. The van der Waals surface area contributed by atoms with Crippen molar-refractivity contribution in [3.8, 4) is 12.3 Å². The number of para-hydroxylation sites is 1. The number of anilines is 1. The van der Waals surface area contributed by atoms with Crippen LogP contribution in [0.1, 0.15) is 6.92 Å². The molecule has 0 aromatic heterocycles. The molecule has 2 N–H and O–H groups in total. The molecule has 1 aliphatic heterocycles. The summed E-state index contributed by atoms with van der Waals surface area (Å²) >= 11 is 0. The number of hydrogen-bond donors (Lipinski definition) is 2. The van der Waals surface area contributed by atoms with E-state index >= 15 is 0 Å². The molecule has 1 aliphatic rings. The summed E-state index contributed by atoms with van der Waals surface area (Å²) in [5.74, 6) is 1.70. The van der Waals surface area contributed by atoms with Gasteiger partial charge in [0.05, 0.1) is 12.2 Å². The minimum Gasteiger partial charge on any atom is -0.338 e. The van der Waals surface area contributed by atoms with Gasteiger partial charge in [0.15, 0.2) is 0 Å². The van der Waals surface area contributed by atoms with Crippen molar-refractivity contribution in [3.05, 3.63) is 30.3 Å². The van der Waals surface area contributed by atoms with Crippen LogP contribution in [-0.4, -0.2) is 30.2 Å². The smallest absolute Gasteiger partial charge is 0.288 e. The Balaban J connectivity index is 2.22. The molecule has 20 heavy (non-hydrogen) atoms. The Morgan fingerprint density at radius 3 is 2.85 bits per heavy atom. The molecule has 0 saturated heterocycles. The van der Waals surface area contributed by atoms with Gasteiger partial charge in [-0.1, -0.05) is 24.1 Å². The first-order valence-electron chi connectivity index (χ1n) is 6.08. The molecule has 0 saturated carbocycles. The zero-order chi connectivity index (χ0) is 14.5. The van der Waals surface area contributed by atoms with E-state index in [4.69, 9.17) is 6.42 Å². The first-order chi connectivity index (χ1) is 9.63. The second kappa shape index (κ2) is 5.89. The topological polar surface area (TPSA) is 73.8 Å². The van der Waals surface area contributed by atoms with Crippen LogP contribution in [0.25, 0.3) is 0 Å². The maximum absolute atomic E-state index is 12.1. The lowest BCUT2D eigenvalue weighted by atomic mass is 10.2. The average molecular weight is 270 g/mol. The minimum absolute atomic E-state index is 0.0659. The lowest BCUT2D eigenvalue weighted by Crippen LogP contribution is -2.58. The molecule has 1 unspecified atom stereocenters. The van der Waals surface area contributed by atoms with Gasteiger partial charge in [0.25, 0.3) is 11.8 Å². The summed E-state index contributed by atoms with van der Waals surface area (Å²) in [4.78, 5) is 28.0. The van der Waals surface area contributed by atoms with Crippen molar-refractivity contribution >= 4 is 23.3 Å². The molecule has 1 heterocycles. The summed E-state index contributed by atoms with van der Waals surface area (Å²) in [6, 6.07) is 8.34. The molecule has 0 fully saturated rings. The standard InChI is InChI=1S/C14H14N4O2/c1-3-9-15-13(19)12-16-10(2)14(20)18(17-12)11-7-5-4-6-8-11/h1,4-8,10H,9H2,2H3,(H,15,19)(H,16,17). The van der Waals surface area contributed by atoms with Gasteiger partial charge in [0.1, 0.15) is 6.04 Å². The molecule has 102 valence electrons. The van der Waals surface area contributed by atoms with E-state index in [9.17, 15) is 9.59 Å². The van der Waals surface area contributed by atoms with E-state index in [0.717, 1.165) is 0 Å². The zero-order valence-corrected chi connectivity index (χ0v) is 11.0. The van der Waals surface area contributed by atoms with Crippen LogP contribution >= 0.6 is 0 Å². The summed E-state index contributed by atoms with van der Waals surface area (Å²) in [7, 11) is 0. The maximum atomic E-state index is 12.1. The van der Waals surface area contributed by atoms with Gasteiger partial charge < -0.3 is 5.32 Å². The number of hydrogen-bond acceptors (Lipinski definition) is 4. The predicted octanol–water partition coefficient (Wildman–Crippen LogP) is 0.0742. The molecule has 0 bridgehead atoms. The van der Waals surface area contributed by atoms with Gasteiger partial charge in [-0.3, -0.25) is 15.0 Å². The van der Waals surface area contributed by atoms with Gasteiger partial charge in [0.2, 0.25) is 5.84 Å². The summed E-state index contributed by atoms with van der Waals surface area (Å²) < 4.78 is 0. The number of nitrogens with zero attached hydrogens (tertiary/aromatic N) is 2. The minimum atomic E-state index is -0.636. The van der Waals surface area contributed by atoms with Gasteiger partial charge in [0, 0.05) is 0 Å². The molecular weight excluding hydrogens is 256 g/mol. The number of aliphatic imine (C=N–C) groups is 1. The largest absolute Gasteiger partial charge is 0.338 e. The van der Waals surface area contributed by atoms with Gasteiger partial charge in [-0.2, -0.15) is 0 Å². The maximum Gasteiger partial charge on any atom is 0.288 e. The highest BCUT2D eigenvalue weighted by Crippen LogP contribution is 2.15. The Morgan fingerprint density at radius 1 is 1.50 bits per heavy atom. The van der Waals surface area contributed by atoms with E-state index in [1.807, 2.05) is 6.07 Å². The summed E-state index contributed by atoms with van der Waals surface area (Å²) in [5.41, 5.74) is 3.35. The van der Waals surface area contributed by atoms with Crippen LogP contribution in [0, 0.1) is 12.3 Å². The van der Waals surface area contributed by atoms with Crippen molar-refractivity contribution in [3.63, 3.8) is 0 Å². The second-order valence-electron chi connectivity index (χ2n) is 4.16. The van der Waals surface area contributed by atoms with Crippen molar-refractivity contribution in [2.24, 2.45) is 4.99 Å². The number of terminal acetylenes is 1. The van der Waals surface area contributed by atoms with Gasteiger partial charge in [-0.05, 0) is 19.1 Å². The monoisotopic (exact) mass is 270 g/mol. The number of benzene rings is 1. The third kappa shape index (κ3) is 2.78. The van der Waals surface area contributed by atoms with E-state index in [2.05, 4.69) is 21.7 Å². The summed E-state index contributed by atoms with van der Waals surface area (Å²) in [6.07, 6.45) is 5.08. The molecule has 0 aliphatic carbocycles. The van der Waals surface area contributed by atoms with E-state index in [0.29, 0.717) is 5.69 Å². The zero-order valence-electron chi connectivity index (χ0n) is 11.0. The lowest BCUT2D eigenvalue weighted by Gasteiger charge is -2.30. The van der Waals surface area contributed by atoms with Crippen LogP contribution in [0.2, 0.25) is 0 Å². The molecular formula is C14H14N4O2. The molecule has 6 nitrogen and oxygen atoms in total. The Kier molecular flexibility index (Phi) is 4.01. The Labute approximate surface area is 116 Å². The normalized spacial score (nSPS) is 17.8. The number of carbonyl (C=O) groups excluding carboxylic acids is 2. The molecule has 1 aromatic carbocycles. The number of carbonyl (C=O) groups is 2. The van der Waals surface area contributed by atoms with Crippen molar-refractivity contribution in [1.82, 2.24) is 10.7 Å². The molecule has 1 aromatic rings. The molecule has 2 amide bonds. The van der Waals surface area contributed by atoms with Crippen molar-refractivity contribution in [2.75, 3.05) is 11.6 Å². The summed E-state index contributed by atoms with van der Waals surface area (Å²) in [5, 5.41) is 3.81. The third-order valence-corrected chi connectivity index (χ3v) is 2.70. The van der Waals surface area contributed by atoms with Crippen LogP contribution < -0.4 is 15.8 Å². The fourth-order valence-electron chi connectivity index (χ4n) is 1.72. The Bertz CT molecular complexity index is 589. The second-order valence-corrected chi connectivity index (χ2v) is 4.16. The van der Waals surface area contributed by atoms with Crippen molar-refractivity contribution in [1.29, 1.82) is 0 Å². The number of rotatable bonds is 3. The highest BCUT2D eigenvalue weighted by Gasteiger charge is 2.30. The van der Waals surface area contributed by atoms with E-state index in [-0.39, 0.29) is 18.3 Å². The fraction of sp³-hybridized carbons (Fsp3) is 0.214. The molecule has 0 radical (unpaired) electrons. The van der Waals surface area contributed by atoms with Gasteiger partial charge in [-0.25, -0.2) is 10.0 Å². The number of hydrazine groups is 1. The van der Waals surface area contributed by atoms with Crippen LogP contribution in [-0.2, 0) is 9.59 Å². The first kappa shape index (κ1) is 13.6. The van der Waals surface area contributed by atoms with E-state index < -0.39 is 11.9 Å².